The van der Waals surface area contributed by atoms with Crippen LogP contribution in [0.4, 0.5) is 4.39 Å². The molecule has 1 aromatic carbocycles. The number of aliphatic carboxylic acids is 1. The molecule has 0 fully saturated rings. The van der Waals surface area contributed by atoms with Crippen molar-refractivity contribution in [2.24, 2.45) is 0 Å². The Balaban J connectivity index is 3.51. The largest absolute Gasteiger partial charge is 0.504 e. The summed E-state index contributed by atoms with van der Waals surface area (Å²) < 4.78 is 19.0. The fourth-order valence-corrected chi connectivity index (χ4v) is 2.07. The molecule has 100 valence electrons. The van der Waals surface area contributed by atoms with Crippen molar-refractivity contribution in [3.05, 3.63) is 22.5 Å². The molecular formula is C12H14ClFO4. The topological polar surface area (TPSA) is 66.8 Å². The van der Waals surface area contributed by atoms with Crippen LogP contribution in [0.15, 0.2) is 6.07 Å². The lowest BCUT2D eigenvalue weighted by Gasteiger charge is -2.26. The van der Waals surface area contributed by atoms with E-state index in [-0.39, 0.29) is 28.5 Å². The molecule has 0 unspecified atom stereocenters. The van der Waals surface area contributed by atoms with Crippen molar-refractivity contribution < 1.29 is 24.1 Å². The maximum atomic E-state index is 14.1. The van der Waals surface area contributed by atoms with Crippen LogP contribution in [0.3, 0.4) is 0 Å². The van der Waals surface area contributed by atoms with Gasteiger partial charge >= 0.3 is 5.97 Å². The van der Waals surface area contributed by atoms with Crippen LogP contribution in [0.5, 0.6) is 11.5 Å². The van der Waals surface area contributed by atoms with Crippen molar-refractivity contribution in [3.8, 4) is 11.5 Å². The first-order chi connectivity index (χ1) is 8.20. The van der Waals surface area contributed by atoms with E-state index in [0.29, 0.717) is 0 Å². The molecule has 4 nitrogen and oxygen atoms in total. The summed E-state index contributed by atoms with van der Waals surface area (Å²) in [5.41, 5.74) is -1.11. The first-order valence-electron chi connectivity index (χ1n) is 5.18. The molecule has 0 bridgehead atoms. The number of rotatable bonds is 4. The number of hydrogen-bond donors (Lipinski definition) is 2. The normalized spacial score (nSPS) is 11.4. The van der Waals surface area contributed by atoms with Gasteiger partial charge in [-0.1, -0.05) is 25.4 Å². The molecule has 0 spiro atoms. The minimum Gasteiger partial charge on any atom is -0.504 e. The molecule has 0 heterocycles. The summed E-state index contributed by atoms with van der Waals surface area (Å²) in [6.07, 6.45) is -0.319. The van der Waals surface area contributed by atoms with E-state index in [2.05, 4.69) is 0 Å². The Bertz CT molecular complexity index is 485. The van der Waals surface area contributed by atoms with Crippen molar-refractivity contribution in [2.45, 2.75) is 25.7 Å². The van der Waals surface area contributed by atoms with Crippen LogP contribution in [-0.2, 0) is 10.2 Å². The lowest BCUT2D eigenvalue weighted by molar-refractivity contribution is -0.138. The summed E-state index contributed by atoms with van der Waals surface area (Å²) in [5.74, 6) is -2.28. The van der Waals surface area contributed by atoms with Crippen LogP contribution in [0.1, 0.15) is 25.8 Å². The summed E-state index contributed by atoms with van der Waals surface area (Å²) in [6, 6.07) is 1.02. The Morgan fingerprint density at radius 3 is 2.56 bits per heavy atom. The van der Waals surface area contributed by atoms with Crippen LogP contribution in [0.25, 0.3) is 0 Å². The Labute approximate surface area is 109 Å². The Morgan fingerprint density at radius 1 is 1.56 bits per heavy atom. The molecule has 0 saturated heterocycles. The van der Waals surface area contributed by atoms with Crippen molar-refractivity contribution in [2.75, 3.05) is 7.11 Å². The molecule has 0 amide bonds. The van der Waals surface area contributed by atoms with E-state index in [4.69, 9.17) is 21.4 Å². The second kappa shape index (κ2) is 5.02. The molecule has 0 aliphatic carbocycles. The second-order valence-corrected chi connectivity index (χ2v) is 4.96. The zero-order chi connectivity index (χ0) is 14.1. The predicted octanol–water partition coefficient (Wildman–Crippen LogP) is 2.95. The van der Waals surface area contributed by atoms with Gasteiger partial charge in [-0.2, -0.15) is 0 Å². The van der Waals surface area contributed by atoms with E-state index in [1.54, 1.807) is 0 Å². The Kier molecular flexibility index (Phi) is 4.06. The first-order valence-corrected chi connectivity index (χ1v) is 5.55. The molecule has 0 aliphatic heterocycles. The third-order valence-corrected chi connectivity index (χ3v) is 2.90. The summed E-state index contributed by atoms with van der Waals surface area (Å²) >= 11 is 5.65. The predicted molar refractivity (Wildman–Crippen MR) is 64.9 cm³/mol. The van der Waals surface area contributed by atoms with Crippen LogP contribution in [0.2, 0.25) is 5.02 Å². The molecular weight excluding hydrogens is 263 g/mol. The van der Waals surface area contributed by atoms with Gasteiger partial charge in [0.15, 0.2) is 11.5 Å². The second-order valence-electron chi connectivity index (χ2n) is 4.55. The van der Waals surface area contributed by atoms with Crippen molar-refractivity contribution >= 4 is 17.6 Å². The smallest absolute Gasteiger partial charge is 0.304 e. The van der Waals surface area contributed by atoms with Crippen LogP contribution < -0.4 is 4.74 Å². The van der Waals surface area contributed by atoms with E-state index in [1.165, 1.54) is 21.0 Å². The quantitative estimate of drug-likeness (QED) is 0.887. The summed E-state index contributed by atoms with van der Waals surface area (Å²) in [6.45, 7) is 3.08. The van der Waals surface area contributed by atoms with E-state index in [0.717, 1.165) is 6.07 Å². The lowest BCUT2D eigenvalue weighted by Crippen LogP contribution is -2.24. The van der Waals surface area contributed by atoms with Crippen molar-refractivity contribution in [3.63, 3.8) is 0 Å². The highest BCUT2D eigenvalue weighted by molar-refractivity contribution is 6.31. The molecule has 6 heteroatoms. The zero-order valence-electron chi connectivity index (χ0n) is 10.3. The molecule has 1 aromatic rings. The van der Waals surface area contributed by atoms with Gasteiger partial charge in [0.1, 0.15) is 5.82 Å². The number of methoxy groups -OCH3 is 1. The minimum absolute atomic E-state index is 0.0441. The number of carboxylic acid groups (broad SMARTS) is 1. The van der Waals surface area contributed by atoms with E-state index in [1.807, 2.05) is 0 Å². The number of carboxylic acids is 1. The highest BCUT2D eigenvalue weighted by atomic mass is 35.5. The van der Waals surface area contributed by atoms with Gasteiger partial charge in [-0.15, -0.1) is 0 Å². The van der Waals surface area contributed by atoms with Crippen LogP contribution in [-0.4, -0.2) is 23.3 Å². The minimum atomic E-state index is -1.08. The molecule has 18 heavy (non-hydrogen) atoms. The Morgan fingerprint density at radius 2 is 2.11 bits per heavy atom. The number of benzene rings is 1. The Hall–Kier alpha value is -1.49. The average molecular weight is 277 g/mol. The highest BCUT2D eigenvalue weighted by Crippen LogP contribution is 2.44. The summed E-state index contributed by atoms with van der Waals surface area (Å²) in [4.78, 5) is 10.8. The van der Waals surface area contributed by atoms with Gasteiger partial charge in [-0.25, -0.2) is 4.39 Å². The molecule has 0 aromatic heterocycles. The van der Waals surface area contributed by atoms with Gasteiger partial charge in [0.05, 0.1) is 18.6 Å². The van der Waals surface area contributed by atoms with Gasteiger partial charge in [0.25, 0.3) is 0 Å². The zero-order valence-corrected chi connectivity index (χ0v) is 11.0. The van der Waals surface area contributed by atoms with Crippen molar-refractivity contribution in [1.82, 2.24) is 0 Å². The van der Waals surface area contributed by atoms with Gasteiger partial charge in [0, 0.05) is 17.0 Å². The molecule has 2 N–H and O–H groups in total. The van der Waals surface area contributed by atoms with Gasteiger partial charge in [-0.05, 0) is 0 Å². The molecule has 0 radical (unpaired) electrons. The molecule has 0 atom stereocenters. The molecule has 0 aliphatic rings. The number of carbonyl (C=O) groups is 1. The number of hydrogen-bond acceptors (Lipinski definition) is 3. The highest BCUT2D eigenvalue weighted by Gasteiger charge is 2.33. The number of phenolic OH excluding ortho intramolecular Hbond substituents is 1. The van der Waals surface area contributed by atoms with Crippen LogP contribution in [0, 0.1) is 5.82 Å². The monoisotopic (exact) mass is 276 g/mol. The number of aromatic hydroxyl groups is 1. The van der Waals surface area contributed by atoms with E-state index >= 15 is 0 Å². The van der Waals surface area contributed by atoms with Gasteiger partial charge in [0.2, 0.25) is 0 Å². The standard InChI is InChI=1S/C12H14ClFO4/c1-12(2,5-8(16)17)9-10(14)6(13)4-7(15)11(9)18-3/h4,15H,5H2,1-3H3,(H,16,17). The third-order valence-electron chi connectivity index (χ3n) is 2.63. The fourth-order valence-electron chi connectivity index (χ4n) is 1.87. The number of phenols is 1. The third kappa shape index (κ3) is 2.67. The number of ether oxygens (including phenoxy) is 1. The van der Waals surface area contributed by atoms with E-state index < -0.39 is 17.2 Å². The lowest BCUT2D eigenvalue weighted by atomic mass is 9.80. The fraction of sp³-hybridized carbons (Fsp3) is 0.417. The van der Waals surface area contributed by atoms with E-state index in [9.17, 15) is 14.3 Å². The summed E-state index contributed by atoms with van der Waals surface area (Å²) in [7, 11) is 1.27. The summed E-state index contributed by atoms with van der Waals surface area (Å²) in [5, 5.41) is 18.2. The molecule has 1 rings (SSSR count). The van der Waals surface area contributed by atoms with Gasteiger partial charge < -0.3 is 14.9 Å². The molecule has 0 saturated carbocycles. The first kappa shape index (κ1) is 14.6. The van der Waals surface area contributed by atoms with Crippen molar-refractivity contribution in [1.29, 1.82) is 0 Å². The maximum Gasteiger partial charge on any atom is 0.304 e. The average Bonchev–Trinajstić information content (AvgIpc) is 2.20. The SMILES string of the molecule is COc1c(O)cc(Cl)c(F)c1C(C)(C)CC(=O)O. The van der Waals surface area contributed by atoms with Crippen LogP contribution >= 0.6 is 11.6 Å². The maximum absolute atomic E-state index is 14.1. The number of halogens is 2. The van der Waals surface area contributed by atoms with Gasteiger partial charge in [-0.3, -0.25) is 4.79 Å².